The molecule has 2 aromatic carbocycles. The number of fused-ring (bicyclic) bond motifs is 4. The number of carbonyl (C=O) groups excluding carboxylic acids is 1. The molecule has 4 aliphatic rings. The molecule has 0 fully saturated rings. The molecule has 2 aliphatic carbocycles. The summed E-state index contributed by atoms with van der Waals surface area (Å²) in [5.74, 6) is 2.09. The average Bonchev–Trinajstić information content (AvgIpc) is 3.39. The van der Waals surface area contributed by atoms with Crippen molar-refractivity contribution in [3.05, 3.63) is 82.4 Å². The maximum Gasteiger partial charge on any atom is 0.255 e. The van der Waals surface area contributed by atoms with Crippen molar-refractivity contribution >= 4 is 28.9 Å². The first-order chi connectivity index (χ1) is 14.2. The lowest BCUT2D eigenvalue weighted by atomic mass is 9.74. The maximum absolute atomic E-state index is 13.1. The van der Waals surface area contributed by atoms with Crippen molar-refractivity contribution in [2.45, 2.75) is 24.7 Å². The highest BCUT2D eigenvalue weighted by molar-refractivity contribution is 6.30. The molecule has 2 heterocycles. The Morgan fingerprint density at radius 3 is 2.10 bits per heavy atom. The number of allylic oxidation sites excluding steroid dienone is 4. The second-order valence-corrected chi connectivity index (χ2v) is 9.21. The van der Waals surface area contributed by atoms with Crippen LogP contribution < -0.4 is 10.2 Å². The van der Waals surface area contributed by atoms with Gasteiger partial charge in [0.1, 0.15) is 0 Å². The number of benzene rings is 2. The Morgan fingerprint density at radius 1 is 0.931 bits per heavy atom. The number of rotatable bonds is 2. The van der Waals surface area contributed by atoms with Gasteiger partial charge < -0.3 is 10.2 Å². The third kappa shape index (κ3) is 2.75. The zero-order valence-electron chi connectivity index (χ0n) is 16.1. The molecule has 2 aromatic rings. The van der Waals surface area contributed by atoms with Crippen LogP contribution in [0.2, 0.25) is 5.02 Å². The average molecular weight is 403 g/mol. The van der Waals surface area contributed by atoms with Gasteiger partial charge in [-0.1, -0.05) is 35.9 Å². The first-order valence-electron chi connectivity index (χ1n) is 10.5. The second-order valence-electron chi connectivity index (χ2n) is 8.77. The third-order valence-electron chi connectivity index (χ3n) is 7.06. The fourth-order valence-electron chi connectivity index (χ4n) is 5.74. The molecule has 4 atom stereocenters. The Morgan fingerprint density at radius 2 is 1.52 bits per heavy atom. The van der Waals surface area contributed by atoms with Crippen LogP contribution in [0.1, 0.15) is 46.2 Å². The molecule has 1 amide bonds. The van der Waals surface area contributed by atoms with E-state index in [9.17, 15) is 4.79 Å². The van der Waals surface area contributed by atoms with Crippen molar-refractivity contribution in [1.29, 1.82) is 0 Å². The first kappa shape index (κ1) is 17.3. The van der Waals surface area contributed by atoms with Gasteiger partial charge in [0.15, 0.2) is 0 Å². The largest absolute Gasteiger partial charge is 0.370 e. The molecule has 2 aliphatic heterocycles. The molecule has 0 saturated heterocycles. The van der Waals surface area contributed by atoms with Crippen LogP contribution in [0.25, 0.3) is 0 Å². The van der Waals surface area contributed by atoms with Crippen molar-refractivity contribution in [2.24, 2.45) is 11.8 Å². The summed E-state index contributed by atoms with van der Waals surface area (Å²) >= 11 is 5.98. The van der Waals surface area contributed by atoms with Gasteiger partial charge in [0.2, 0.25) is 0 Å². The molecule has 0 unspecified atom stereocenters. The smallest absolute Gasteiger partial charge is 0.255 e. The van der Waals surface area contributed by atoms with Crippen LogP contribution >= 0.6 is 11.6 Å². The molecule has 0 radical (unpaired) electrons. The van der Waals surface area contributed by atoms with Crippen molar-refractivity contribution in [3.63, 3.8) is 0 Å². The van der Waals surface area contributed by atoms with E-state index in [1.165, 1.54) is 16.8 Å². The van der Waals surface area contributed by atoms with E-state index in [-0.39, 0.29) is 5.91 Å². The monoisotopic (exact) mass is 402 g/mol. The highest BCUT2D eigenvalue weighted by Crippen LogP contribution is 2.53. The van der Waals surface area contributed by atoms with Gasteiger partial charge >= 0.3 is 0 Å². The minimum absolute atomic E-state index is 0.0499. The van der Waals surface area contributed by atoms with Crippen molar-refractivity contribution in [1.82, 2.24) is 0 Å². The van der Waals surface area contributed by atoms with Gasteiger partial charge in [0.05, 0.1) is 0 Å². The minimum Gasteiger partial charge on any atom is -0.370 e. The summed E-state index contributed by atoms with van der Waals surface area (Å²) < 4.78 is 0. The van der Waals surface area contributed by atoms with Crippen LogP contribution in [-0.4, -0.2) is 19.0 Å². The Balaban J connectivity index is 1.44. The Hall–Kier alpha value is -2.52. The quantitative estimate of drug-likeness (QED) is 0.649. The molecule has 3 nitrogen and oxygen atoms in total. The Kier molecular flexibility index (Phi) is 3.89. The van der Waals surface area contributed by atoms with E-state index >= 15 is 0 Å². The zero-order valence-corrected chi connectivity index (χ0v) is 16.9. The second kappa shape index (κ2) is 6.50. The standard InChI is InChI=1S/C25H23ClN2O/c26-18-7-9-19(10-8-18)27-25(29)17-11-22-20-5-1-3-15(20)13-28-14-16-4-2-6-21(16)23(12-17)24(22)28/h1-2,5-12,15-16,20-21H,3-4,13-14H2,(H,27,29)/t15-,16-,20+,21+/m1/s1. The Bertz CT molecular complexity index is 1000. The highest BCUT2D eigenvalue weighted by Gasteiger charge is 2.42. The number of hydrogen-bond acceptors (Lipinski definition) is 2. The lowest BCUT2D eigenvalue weighted by Gasteiger charge is -2.46. The molecule has 0 bridgehead atoms. The van der Waals surface area contributed by atoms with Crippen molar-refractivity contribution < 1.29 is 4.79 Å². The summed E-state index contributed by atoms with van der Waals surface area (Å²) in [6, 6.07) is 11.6. The van der Waals surface area contributed by atoms with Gasteiger partial charge in [0.25, 0.3) is 5.91 Å². The molecule has 0 spiro atoms. The van der Waals surface area contributed by atoms with Crippen molar-refractivity contribution in [3.8, 4) is 0 Å². The SMILES string of the molecule is O=C(Nc1ccc(Cl)cc1)c1cc2c3c(c1)[C@H]1C=CC[C@@H]1CN3C[C@H]1CC=C[C@H]21. The molecule has 4 heteroatoms. The lowest BCUT2D eigenvalue weighted by molar-refractivity contribution is 0.102. The van der Waals surface area contributed by atoms with Crippen LogP contribution in [0.5, 0.6) is 0 Å². The van der Waals surface area contributed by atoms with Gasteiger partial charge in [-0.2, -0.15) is 0 Å². The molecule has 0 saturated carbocycles. The van der Waals surface area contributed by atoms with Gasteiger partial charge in [0, 0.05) is 46.9 Å². The molecule has 6 rings (SSSR count). The van der Waals surface area contributed by atoms with E-state index in [2.05, 4.69) is 46.7 Å². The number of nitrogens with zero attached hydrogens (tertiary/aromatic N) is 1. The number of halogens is 1. The Labute approximate surface area is 176 Å². The number of hydrogen-bond donors (Lipinski definition) is 1. The predicted molar refractivity (Wildman–Crippen MR) is 118 cm³/mol. The summed E-state index contributed by atoms with van der Waals surface area (Å²) in [4.78, 5) is 15.7. The van der Waals surface area contributed by atoms with Crippen LogP contribution in [0.3, 0.4) is 0 Å². The fourth-order valence-corrected chi connectivity index (χ4v) is 5.87. The minimum atomic E-state index is -0.0499. The molecule has 0 aromatic heterocycles. The van der Waals surface area contributed by atoms with E-state index in [0.29, 0.717) is 28.7 Å². The number of nitrogens with one attached hydrogen (secondary N) is 1. The van der Waals surface area contributed by atoms with Crippen LogP contribution in [0.15, 0.2) is 60.7 Å². The summed E-state index contributed by atoms with van der Waals surface area (Å²) in [6.07, 6.45) is 11.6. The van der Waals surface area contributed by atoms with Gasteiger partial charge in [-0.05, 0) is 72.2 Å². The molecule has 1 N–H and O–H groups in total. The normalized spacial score (nSPS) is 28.1. The van der Waals surface area contributed by atoms with Gasteiger partial charge in [-0.25, -0.2) is 0 Å². The van der Waals surface area contributed by atoms with Crippen LogP contribution in [0, 0.1) is 11.8 Å². The molecular weight excluding hydrogens is 380 g/mol. The summed E-state index contributed by atoms with van der Waals surface area (Å²) in [5, 5.41) is 3.71. The fraction of sp³-hybridized carbons (Fsp3) is 0.320. The topological polar surface area (TPSA) is 32.3 Å². The van der Waals surface area contributed by atoms with Gasteiger partial charge in [-0.3, -0.25) is 4.79 Å². The highest BCUT2D eigenvalue weighted by atomic mass is 35.5. The zero-order chi connectivity index (χ0) is 19.5. The van der Waals surface area contributed by atoms with E-state index in [4.69, 9.17) is 11.6 Å². The molecule has 29 heavy (non-hydrogen) atoms. The number of anilines is 2. The van der Waals surface area contributed by atoms with E-state index in [1.54, 1.807) is 12.1 Å². The summed E-state index contributed by atoms with van der Waals surface area (Å²) in [5.41, 5.74) is 5.61. The first-order valence-corrected chi connectivity index (χ1v) is 10.9. The number of amides is 1. The van der Waals surface area contributed by atoms with E-state index in [1.807, 2.05) is 12.1 Å². The number of carbonyl (C=O) groups is 1. The van der Waals surface area contributed by atoms with Crippen LogP contribution in [-0.2, 0) is 0 Å². The van der Waals surface area contributed by atoms with E-state index in [0.717, 1.165) is 37.2 Å². The molecule has 146 valence electrons. The van der Waals surface area contributed by atoms with Gasteiger partial charge in [-0.15, -0.1) is 0 Å². The molecular formula is C25H23ClN2O. The van der Waals surface area contributed by atoms with E-state index < -0.39 is 0 Å². The van der Waals surface area contributed by atoms with Crippen molar-refractivity contribution in [2.75, 3.05) is 23.3 Å². The predicted octanol–water partition coefficient (Wildman–Crippen LogP) is 5.75. The lowest BCUT2D eigenvalue weighted by Crippen LogP contribution is -2.43. The maximum atomic E-state index is 13.1. The summed E-state index contributed by atoms with van der Waals surface area (Å²) in [7, 11) is 0. The third-order valence-corrected chi connectivity index (χ3v) is 7.31. The van der Waals surface area contributed by atoms with Crippen LogP contribution in [0.4, 0.5) is 11.4 Å². The summed E-state index contributed by atoms with van der Waals surface area (Å²) in [6.45, 7) is 2.27.